The van der Waals surface area contributed by atoms with Crippen LogP contribution in [-0.4, -0.2) is 4.98 Å². The summed E-state index contributed by atoms with van der Waals surface area (Å²) >= 11 is 0. The van der Waals surface area contributed by atoms with Gasteiger partial charge in [-0.25, -0.2) is 0 Å². The van der Waals surface area contributed by atoms with E-state index >= 15 is 0 Å². The van der Waals surface area contributed by atoms with Crippen molar-refractivity contribution in [2.24, 2.45) is 0 Å². The Bertz CT molecular complexity index is 593. The maximum atomic E-state index is 4.47. The summed E-state index contributed by atoms with van der Waals surface area (Å²) in [6.07, 6.45) is 2.79. The second kappa shape index (κ2) is 6.16. The molecule has 0 spiro atoms. The molecule has 0 bridgehead atoms. The molecule has 0 saturated heterocycles. The van der Waals surface area contributed by atoms with Gasteiger partial charge in [-0.1, -0.05) is 66.7 Å². The van der Waals surface area contributed by atoms with Crippen molar-refractivity contribution in [1.29, 1.82) is 0 Å². The molecule has 20 heavy (non-hydrogen) atoms. The zero-order valence-corrected chi connectivity index (χ0v) is 11.3. The number of hydrogen-bond donors (Lipinski definition) is 0. The van der Waals surface area contributed by atoms with Crippen molar-refractivity contribution in [2.45, 2.75) is 12.3 Å². The molecule has 0 aliphatic carbocycles. The molecule has 3 aromatic rings. The van der Waals surface area contributed by atoms with Crippen LogP contribution in [0.1, 0.15) is 22.7 Å². The molecule has 3 rings (SSSR count). The molecular weight excluding hydrogens is 242 g/mol. The quantitative estimate of drug-likeness (QED) is 0.674. The summed E-state index contributed by atoms with van der Waals surface area (Å²) in [4.78, 5) is 4.47. The fourth-order valence-electron chi connectivity index (χ4n) is 2.53. The Hall–Kier alpha value is -2.41. The van der Waals surface area contributed by atoms with Crippen LogP contribution >= 0.6 is 0 Å². The summed E-state index contributed by atoms with van der Waals surface area (Å²) in [5, 5.41) is 0. The van der Waals surface area contributed by atoms with E-state index in [9.17, 15) is 0 Å². The minimum absolute atomic E-state index is 0.354. The van der Waals surface area contributed by atoms with Crippen molar-refractivity contribution in [3.8, 4) is 0 Å². The molecule has 1 nitrogen and oxygen atoms in total. The zero-order valence-electron chi connectivity index (χ0n) is 11.3. The van der Waals surface area contributed by atoms with E-state index in [1.807, 2.05) is 12.3 Å². The molecule has 1 heteroatoms. The van der Waals surface area contributed by atoms with Gasteiger partial charge in [0.1, 0.15) is 0 Å². The van der Waals surface area contributed by atoms with Crippen molar-refractivity contribution in [2.75, 3.05) is 0 Å². The molecule has 0 N–H and O–H groups in total. The van der Waals surface area contributed by atoms with Crippen molar-refractivity contribution in [1.82, 2.24) is 4.98 Å². The predicted molar refractivity (Wildman–Crippen MR) is 82.7 cm³/mol. The van der Waals surface area contributed by atoms with E-state index in [1.165, 1.54) is 11.1 Å². The fraction of sp³-hybridized carbons (Fsp3) is 0.105. The van der Waals surface area contributed by atoms with Gasteiger partial charge in [0.05, 0.1) is 0 Å². The Labute approximate surface area is 119 Å². The van der Waals surface area contributed by atoms with Crippen LogP contribution in [0, 0.1) is 0 Å². The van der Waals surface area contributed by atoms with Crippen molar-refractivity contribution >= 4 is 0 Å². The minimum atomic E-state index is 0.354. The number of pyridine rings is 1. The predicted octanol–water partition coefficient (Wildman–Crippen LogP) is 4.46. The fourth-order valence-corrected chi connectivity index (χ4v) is 2.53. The Morgan fingerprint density at radius 3 is 1.70 bits per heavy atom. The zero-order chi connectivity index (χ0) is 13.6. The summed E-state index contributed by atoms with van der Waals surface area (Å²) in [5.41, 5.74) is 3.80. The van der Waals surface area contributed by atoms with E-state index in [0.717, 1.165) is 12.1 Å². The van der Waals surface area contributed by atoms with Gasteiger partial charge in [0.2, 0.25) is 0 Å². The van der Waals surface area contributed by atoms with Crippen LogP contribution in [0.3, 0.4) is 0 Å². The van der Waals surface area contributed by atoms with Crippen molar-refractivity contribution in [3.05, 3.63) is 102 Å². The molecular formula is C19H17N. The van der Waals surface area contributed by atoms with Gasteiger partial charge in [0, 0.05) is 24.2 Å². The molecule has 0 unspecified atom stereocenters. The highest BCUT2D eigenvalue weighted by molar-refractivity contribution is 5.33. The summed E-state index contributed by atoms with van der Waals surface area (Å²) in [7, 11) is 0. The summed E-state index contributed by atoms with van der Waals surface area (Å²) in [5.74, 6) is 0.354. The second-order valence-corrected chi connectivity index (χ2v) is 4.90. The van der Waals surface area contributed by atoms with Gasteiger partial charge >= 0.3 is 0 Å². The van der Waals surface area contributed by atoms with Crippen LogP contribution in [-0.2, 0) is 6.42 Å². The number of hydrogen-bond acceptors (Lipinski definition) is 1. The van der Waals surface area contributed by atoms with Gasteiger partial charge in [0.25, 0.3) is 0 Å². The first-order chi connectivity index (χ1) is 9.93. The first-order valence-electron chi connectivity index (χ1n) is 6.93. The first kappa shape index (κ1) is 12.6. The van der Waals surface area contributed by atoms with Crippen LogP contribution < -0.4 is 0 Å². The molecule has 0 fully saturated rings. The maximum Gasteiger partial charge on any atom is 0.0413 e. The largest absolute Gasteiger partial charge is 0.261 e. The molecule has 0 aliphatic heterocycles. The van der Waals surface area contributed by atoms with E-state index in [-0.39, 0.29) is 0 Å². The summed E-state index contributed by atoms with van der Waals surface area (Å²) < 4.78 is 0. The van der Waals surface area contributed by atoms with Crippen LogP contribution in [0.15, 0.2) is 85.1 Å². The minimum Gasteiger partial charge on any atom is -0.261 e. The number of benzene rings is 2. The van der Waals surface area contributed by atoms with Gasteiger partial charge in [-0.3, -0.25) is 4.98 Å². The average Bonchev–Trinajstić information content (AvgIpc) is 2.55. The SMILES string of the molecule is c1ccc(C(Cc2ccccn2)c2ccccc2)cc1. The summed E-state index contributed by atoms with van der Waals surface area (Å²) in [6, 6.07) is 27.4. The third kappa shape index (κ3) is 2.94. The molecule has 1 aromatic heterocycles. The highest BCUT2D eigenvalue weighted by Gasteiger charge is 2.14. The van der Waals surface area contributed by atoms with Gasteiger partial charge in [-0.2, -0.15) is 0 Å². The average molecular weight is 259 g/mol. The Morgan fingerprint density at radius 1 is 0.650 bits per heavy atom. The van der Waals surface area contributed by atoms with Crippen molar-refractivity contribution < 1.29 is 0 Å². The van der Waals surface area contributed by atoms with Crippen LogP contribution in [0.2, 0.25) is 0 Å². The molecule has 98 valence electrons. The third-order valence-electron chi connectivity index (χ3n) is 3.54. The molecule has 0 atom stereocenters. The third-order valence-corrected chi connectivity index (χ3v) is 3.54. The van der Waals surface area contributed by atoms with E-state index in [0.29, 0.717) is 5.92 Å². The van der Waals surface area contributed by atoms with E-state index in [2.05, 4.69) is 77.8 Å². The molecule has 0 saturated carbocycles. The van der Waals surface area contributed by atoms with Crippen molar-refractivity contribution in [3.63, 3.8) is 0 Å². The second-order valence-electron chi connectivity index (χ2n) is 4.90. The Morgan fingerprint density at radius 2 is 1.20 bits per heavy atom. The number of aromatic nitrogens is 1. The normalized spacial score (nSPS) is 10.7. The lowest BCUT2D eigenvalue weighted by atomic mass is 9.87. The molecule has 0 aliphatic rings. The van der Waals surface area contributed by atoms with E-state index < -0.39 is 0 Å². The Kier molecular flexibility index (Phi) is 3.88. The Balaban J connectivity index is 1.96. The molecule has 2 aromatic carbocycles. The number of rotatable bonds is 4. The highest BCUT2D eigenvalue weighted by atomic mass is 14.7. The molecule has 0 radical (unpaired) electrons. The maximum absolute atomic E-state index is 4.47. The van der Waals surface area contributed by atoms with E-state index in [1.54, 1.807) is 0 Å². The van der Waals surface area contributed by atoms with Gasteiger partial charge in [-0.05, 0) is 23.3 Å². The van der Waals surface area contributed by atoms with Crippen LogP contribution in [0.5, 0.6) is 0 Å². The van der Waals surface area contributed by atoms with Gasteiger partial charge in [0.15, 0.2) is 0 Å². The monoisotopic (exact) mass is 259 g/mol. The lowest BCUT2D eigenvalue weighted by molar-refractivity contribution is 0.783. The van der Waals surface area contributed by atoms with E-state index in [4.69, 9.17) is 0 Å². The lowest BCUT2D eigenvalue weighted by Gasteiger charge is -2.17. The smallest absolute Gasteiger partial charge is 0.0413 e. The molecule has 0 amide bonds. The highest BCUT2D eigenvalue weighted by Crippen LogP contribution is 2.27. The van der Waals surface area contributed by atoms with Gasteiger partial charge < -0.3 is 0 Å². The standard InChI is InChI=1S/C19H17N/c1-3-9-16(10-4-1)19(17-11-5-2-6-12-17)15-18-13-7-8-14-20-18/h1-14,19H,15H2. The summed E-state index contributed by atoms with van der Waals surface area (Å²) in [6.45, 7) is 0. The lowest BCUT2D eigenvalue weighted by Crippen LogP contribution is -2.06. The van der Waals surface area contributed by atoms with Crippen LogP contribution in [0.4, 0.5) is 0 Å². The van der Waals surface area contributed by atoms with Gasteiger partial charge in [-0.15, -0.1) is 0 Å². The van der Waals surface area contributed by atoms with Crippen LogP contribution in [0.25, 0.3) is 0 Å². The molecule has 1 heterocycles. The topological polar surface area (TPSA) is 12.9 Å². The first-order valence-corrected chi connectivity index (χ1v) is 6.93. The number of nitrogens with zero attached hydrogens (tertiary/aromatic N) is 1.